The SMILES string of the molecule is Cc1c(Cl)cccc1NC(=O)CSc1ccc2c(c1)OCCO2. The predicted octanol–water partition coefficient (Wildman–Crippen LogP) is 4.15. The highest BCUT2D eigenvalue weighted by molar-refractivity contribution is 8.00. The molecule has 2 aromatic carbocycles. The quantitative estimate of drug-likeness (QED) is 0.842. The summed E-state index contributed by atoms with van der Waals surface area (Å²) in [6, 6.07) is 11.2. The van der Waals surface area contributed by atoms with Gasteiger partial charge in [0.15, 0.2) is 11.5 Å². The van der Waals surface area contributed by atoms with E-state index in [1.807, 2.05) is 37.3 Å². The van der Waals surface area contributed by atoms with Crippen molar-refractivity contribution in [2.75, 3.05) is 24.3 Å². The molecule has 0 radical (unpaired) electrons. The first-order chi connectivity index (χ1) is 11.1. The van der Waals surface area contributed by atoms with Gasteiger partial charge in [0.2, 0.25) is 5.91 Å². The van der Waals surface area contributed by atoms with E-state index in [1.165, 1.54) is 11.8 Å². The molecule has 1 aliphatic heterocycles. The number of fused-ring (bicyclic) bond motifs is 1. The Morgan fingerprint density at radius 1 is 1.22 bits per heavy atom. The maximum atomic E-state index is 12.1. The summed E-state index contributed by atoms with van der Waals surface area (Å²) in [5, 5.41) is 3.52. The molecule has 0 aromatic heterocycles. The lowest BCUT2D eigenvalue weighted by Gasteiger charge is -2.18. The number of amides is 1. The molecule has 1 heterocycles. The lowest BCUT2D eigenvalue weighted by Crippen LogP contribution is -2.16. The van der Waals surface area contributed by atoms with E-state index in [2.05, 4.69) is 5.32 Å². The molecule has 120 valence electrons. The number of rotatable bonds is 4. The fourth-order valence-corrected chi connectivity index (χ4v) is 3.09. The minimum atomic E-state index is -0.0738. The van der Waals surface area contributed by atoms with Gasteiger partial charge in [0.05, 0.1) is 5.75 Å². The van der Waals surface area contributed by atoms with Crippen molar-refractivity contribution in [3.63, 3.8) is 0 Å². The number of carbonyl (C=O) groups is 1. The molecule has 0 aliphatic carbocycles. The van der Waals surface area contributed by atoms with E-state index in [0.717, 1.165) is 27.6 Å². The number of thioether (sulfide) groups is 1. The lowest BCUT2D eigenvalue weighted by molar-refractivity contribution is -0.113. The van der Waals surface area contributed by atoms with Crippen molar-refractivity contribution in [3.8, 4) is 11.5 Å². The van der Waals surface area contributed by atoms with E-state index >= 15 is 0 Å². The molecule has 0 atom stereocenters. The van der Waals surface area contributed by atoms with Crippen LogP contribution in [0.3, 0.4) is 0 Å². The number of halogens is 1. The van der Waals surface area contributed by atoms with Gasteiger partial charge in [-0.25, -0.2) is 0 Å². The van der Waals surface area contributed by atoms with Crippen LogP contribution in [0.15, 0.2) is 41.3 Å². The maximum Gasteiger partial charge on any atom is 0.234 e. The zero-order valence-corrected chi connectivity index (χ0v) is 14.2. The summed E-state index contributed by atoms with van der Waals surface area (Å²) in [6.07, 6.45) is 0. The number of nitrogens with one attached hydrogen (secondary N) is 1. The molecule has 2 aromatic rings. The van der Waals surface area contributed by atoms with Crippen molar-refractivity contribution in [3.05, 3.63) is 47.0 Å². The molecule has 0 saturated heterocycles. The first kappa shape index (κ1) is 16.0. The molecule has 6 heteroatoms. The fourth-order valence-electron chi connectivity index (χ4n) is 2.19. The van der Waals surface area contributed by atoms with Gasteiger partial charge >= 0.3 is 0 Å². The molecule has 0 bridgehead atoms. The monoisotopic (exact) mass is 349 g/mol. The Balaban J connectivity index is 1.60. The smallest absolute Gasteiger partial charge is 0.234 e. The average molecular weight is 350 g/mol. The molecule has 0 saturated carbocycles. The van der Waals surface area contributed by atoms with Crippen molar-refractivity contribution >= 4 is 35.0 Å². The molecule has 0 fully saturated rings. The van der Waals surface area contributed by atoms with E-state index in [-0.39, 0.29) is 5.91 Å². The first-order valence-electron chi connectivity index (χ1n) is 7.21. The van der Waals surface area contributed by atoms with Gasteiger partial charge in [-0.2, -0.15) is 0 Å². The number of anilines is 1. The molecular weight excluding hydrogens is 334 g/mol. The van der Waals surface area contributed by atoms with Crippen LogP contribution in [0, 0.1) is 6.92 Å². The lowest BCUT2D eigenvalue weighted by atomic mass is 10.2. The van der Waals surface area contributed by atoms with Gasteiger partial charge in [0.1, 0.15) is 13.2 Å². The Kier molecular flexibility index (Phi) is 4.98. The molecule has 4 nitrogen and oxygen atoms in total. The van der Waals surface area contributed by atoms with Crippen LogP contribution in [0.25, 0.3) is 0 Å². The van der Waals surface area contributed by atoms with Crippen molar-refractivity contribution < 1.29 is 14.3 Å². The maximum absolute atomic E-state index is 12.1. The van der Waals surface area contributed by atoms with E-state index in [9.17, 15) is 4.79 Å². The van der Waals surface area contributed by atoms with Crippen LogP contribution in [-0.2, 0) is 4.79 Å². The van der Waals surface area contributed by atoms with E-state index in [4.69, 9.17) is 21.1 Å². The standard InChI is InChI=1S/C17H16ClNO3S/c1-11-13(18)3-2-4-14(11)19-17(20)10-23-12-5-6-15-16(9-12)22-8-7-21-15/h2-6,9H,7-8,10H2,1H3,(H,19,20). The molecular formula is C17H16ClNO3S. The fraction of sp³-hybridized carbons (Fsp3) is 0.235. The van der Waals surface area contributed by atoms with E-state index in [0.29, 0.717) is 24.0 Å². The number of ether oxygens (including phenoxy) is 2. The third-order valence-corrected chi connectivity index (χ3v) is 4.83. The molecule has 1 N–H and O–H groups in total. The number of hydrogen-bond donors (Lipinski definition) is 1. The van der Waals surface area contributed by atoms with Crippen LogP contribution >= 0.6 is 23.4 Å². The Morgan fingerprint density at radius 2 is 2.00 bits per heavy atom. The topological polar surface area (TPSA) is 47.6 Å². The highest BCUT2D eigenvalue weighted by atomic mass is 35.5. The van der Waals surface area contributed by atoms with E-state index in [1.54, 1.807) is 6.07 Å². The molecule has 0 spiro atoms. The van der Waals surface area contributed by atoms with Gasteiger partial charge in [0, 0.05) is 15.6 Å². The minimum absolute atomic E-state index is 0.0738. The summed E-state index contributed by atoms with van der Waals surface area (Å²) in [5.74, 6) is 1.72. The number of hydrogen-bond acceptors (Lipinski definition) is 4. The van der Waals surface area contributed by atoms with Crippen LogP contribution in [0.2, 0.25) is 5.02 Å². The molecule has 3 rings (SSSR count). The van der Waals surface area contributed by atoms with Crippen molar-refractivity contribution in [1.82, 2.24) is 0 Å². The van der Waals surface area contributed by atoms with E-state index < -0.39 is 0 Å². The Hall–Kier alpha value is -1.85. The molecule has 23 heavy (non-hydrogen) atoms. The summed E-state index contributed by atoms with van der Waals surface area (Å²) >= 11 is 7.51. The van der Waals surface area contributed by atoms with Crippen LogP contribution < -0.4 is 14.8 Å². The summed E-state index contributed by atoms with van der Waals surface area (Å²) < 4.78 is 11.0. The van der Waals surface area contributed by atoms with Crippen LogP contribution in [-0.4, -0.2) is 24.9 Å². The zero-order valence-electron chi connectivity index (χ0n) is 12.6. The van der Waals surface area contributed by atoms with Gasteiger partial charge < -0.3 is 14.8 Å². The third kappa shape index (κ3) is 3.92. The summed E-state index contributed by atoms with van der Waals surface area (Å²) in [7, 11) is 0. The van der Waals surface area contributed by atoms with Crippen LogP contribution in [0.4, 0.5) is 5.69 Å². The Bertz CT molecular complexity index is 736. The highest BCUT2D eigenvalue weighted by Gasteiger charge is 2.13. The number of carbonyl (C=O) groups excluding carboxylic acids is 1. The van der Waals surface area contributed by atoms with Crippen molar-refractivity contribution in [1.29, 1.82) is 0 Å². The van der Waals surface area contributed by atoms with Gasteiger partial charge in [-0.05, 0) is 42.8 Å². The summed E-state index contributed by atoms with van der Waals surface area (Å²) in [4.78, 5) is 13.1. The van der Waals surface area contributed by atoms with Gasteiger partial charge in [-0.1, -0.05) is 17.7 Å². The molecule has 0 unspecified atom stereocenters. The second-order valence-electron chi connectivity index (χ2n) is 5.05. The molecule has 1 amide bonds. The zero-order chi connectivity index (χ0) is 16.2. The summed E-state index contributed by atoms with van der Waals surface area (Å²) in [6.45, 7) is 3.00. The predicted molar refractivity (Wildman–Crippen MR) is 93.0 cm³/mol. The second-order valence-corrected chi connectivity index (χ2v) is 6.51. The minimum Gasteiger partial charge on any atom is -0.486 e. The number of benzene rings is 2. The highest BCUT2D eigenvalue weighted by Crippen LogP contribution is 2.34. The van der Waals surface area contributed by atoms with Gasteiger partial charge in [0.25, 0.3) is 0 Å². The van der Waals surface area contributed by atoms with Crippen molar-refractivity contribution in [2.24, 2.45) is 0 Å². The van der Waals surface area contributed by atoms with Crippen LogP contribution in [0.5, 0.6) is 11.5 Å². The second kappa shape index (κ2) is 7.15. The third-order valence-electron chi connectivity index (χ3n) is 3.43. The van der Waals surface area contributed by atoms with Gasteiger partial charge in [-0.15, -0.1) is 11.8 Å². The average Bonchev–Trinajstić information content (AvgIpc) is 2.57. The normalized spacial score (nSPS) is 12.8. The van der Waals surface area contributed by atoms with Gasteiger partial charge in [-0.3, -0.25) is 4.79 Å². The van der Waals surface area contributed by atoms with Crippen molar-refractivity contribution in [2.45, 2.75) is 11.8 Å². The summed E-state index contributed by atoms with van der Waals surface area (Å²) in [5.41, 5.74) is 1.61. The Labute approximate surface area is 144 Å². The Morgan fingerprint density at radius 3 is 2.83 bits per heavy atom. The largest absolute Gasteiger partial charge is 0.486 e. The van der Waals surface area contributed by atoms with Crippen LogP contribution in [0.1, 0.15) is 5.56 Å². The first-order valence-corrected chi connectivity index (χ1v) is 8.57. The molecule has 1 aliphatic rings.